The van der Waals surface area contributed by atoms with Gasteiger partial charge in [-0.1, -0.05) is 60.2 Å². The van der Waals surface area contributed by atoms with Crippen molar-refractivity contribution in [1.29, 1.82) is 0 Å². The van der Waals surface area contributed by atoms with Gasteiger partial charge in [0.2, 0.25) is 0 Å². The van der Waals surface area contributed by atoms with Gasteiger partial charge in [0.25, 0.3) is 0 Å². The average molecular weight is 475 g/mol. The molecule has 34 heavy (non-hydrogen) atoms. The number of piperidine rings is 1. The second kappa shape index (κ2) is 9.66. The van der Waals surface area contributed by atoms with E-state index in [1.54, 1.807) is 0 Å². The van der Waals surface area contributed by atoms with E-state index in [-0.39, 0.29) is 0 Å². The summed E-state index contributed by atoms with van der Waals surface area (Å²) < 4.78 is 78.3. The zero-order valence-corrected chi connectivity index (χ0v) is 18.3. The molecule has 0 aromatic heterocycles. The minimum Gasteiger partial charge on any atom is -0.298 e. The van der Waals surface area contributed by atoms with Gasteiger partial charge in [0.15, 0.2) is 0 Å². The molecule has 3 aromatic carbocycles. The summed E-state index contributed by atoms with van der Waals surface area (Å²) in [5.41, 5.74) is 2.56. The second-order valence-corrected chi connectivity index (χ2v) is 8.39. The van der Waals surface area contributed by atoms with Crippen molar-refractivity contribution in [3.8, 4) is 0 Å². The van der Waals surface area contributed by atoms with Crippen molar-refractivity contribution in [2.24, 2.45) is 0 Å². The topological polar surface area (TPSA) is 3.24 Å². The highest BCUT2D eigenvalue weighted by atomic mass is 19.4. The van der Waals surface area contributed by atoms with Gasteiger partial charge in [-0.2, -0.15) is 26.3 Å². The van der Waals surface area contributed by atoms with E-state index in [0.29, 0.717) is 29.5 Å². The maximum Gasteiger partial charge on any atom is 0.416 e. The van der Waals surface area contributed by atoms with E-state index >= 15 is 0 Å². The van der Waals surface area contributed by atoms with Crippen LogP contribution < -0.4 is 0 Å². The third kappa shape index (κ3) is 5.70. The van der Waals surface area contributed by atoms with E-state index < -0.39 is 23.5 Å². The van der Waals surface area contributed by atoms with E-state index in [9.17, 15) is 26.3 Å². The molecule has 0 radical (unpaired) electrons. The molecule has 0 atom stereocenters. The maximum absolute atomic E-state index is 13.1. The molecular weight excluding hydrogens is 452 g/mol. The van der Waals surface area contributed by atoms with Gasteiger partial charge in [0.1, 0.15) is 0 Å². The van der Waals surface area contributed by atoms with E-state index in [1.807, 2.05) is 18.2 Å². The summed E-state index contributed by atoms with van der Waals surface area (Å²) in [6.07, 6.45) is -7.54. The number of benzene rings is 3. The van der Waals surface area contributed by atoms with Gasteiger partial charge >= 0.3 is 12.4 Å². The number of likely N-dealkylation sites (tertiary alicyclic amines) is 1. The quantitative estimate of drug-likeness (QED) is 0.348. The van der Waals surface area contributed by atoms with E-state index in [0.717, 1.165) is 49.5 Å². The first-order chi connectivity index (χ1) is 16.1. The highest BCUT2D eigenvalue weighted by Crippen LogP contribution is 2.37. The summed E-state index contributed by atoms with van der Waals surface area (Å²) in [5, 5.41) is 0. The highest BCUT2D eigenvalue weighted by Gasteiger charge is 2.31. The third-order valence-electron chi connectivity index (χ3n) is 6.06. The van der Waals surface area contributed by atoms with E-state index in [1.165, 1.54) is 29.8 Å². The molecule has 0 bridgehead atoms. The Balaban J connectivity index is 1.65. The largest absolute Gasteiger partial charge is 0.416 e. The summed E-state index contributed by atoms with van der Waals surface area (Å²) in [7, 11) is 0. The Morgan fingerprint density at radius 1 is 0.618 bits per heavy atom. The van der Waals surface area contributed by atoms with Crippen LogP contribution in [-0.2, 0) is 18.9 Å². The standard InChI is InChI=1S/C27H23F6N/c28-26(29,30)23-10-6-20(7-11-23)25(21-8-12-24(13-9-21)27(31,32)33)22-14-16-34(17-15-22)18-19-4-2-1-3-5-19/h1-13H,14-18H2. The van der Waals surface area contributed by atoms with Crippen molar-refractivity contribution in [2.45, 2.75) is 31.7 Å². The summed E-state index contributed by atoms with van der Waals surface area (Å²) in [4.78, 5) is 2.30. The molecule has 1 aliphatic heterocycles. The summed E-state index contributed by atoms with van der Waals surface area (Å²) >= 11 is 0. The van der Waals surface area contributed by atoms with Crippen molar-refractivity contribution in [3.63, 3.8) is 0 Å². The van der Waals surface area contributed by atoms with Crippen molar-refractivity contribution >= 4 is 5.57 Å². The van der Waals surface area contributed by atoms with Crippen LogP contribution in [0, 0.1) is 0 Å². The van der Waals surface area contributed by atoms with Crippen LogP contribution in [0.1, 0.15) is 40.7 Å². The van der Waals surface area contributed by atoms with Crippen molar-refractivity contribution in [2.75, 3.05) is 13.1 Å². The fourth-order valence-electron chi connectivity index (χ4n) is 4.30. The van der Waals surface area contributed by atoms with Crippen molar-refractivity contribution in [3.05, 3.63) is 112 Å². The smallest absolute Gasteiger partial charge is 0.298 e. The minimum atomic E-state index is -4.46. The number of nitrogens with zero attached hydrogens (tertiary/aromatic N) is 1. The molecule has 1 fully saturated rings. The number of hydrogen-bond donors (Lipinski definition) is 0. The molecule has 0 amide bonds. The normalized spacial score (nSPS) is 15.4. The van der Waals surface area contributed by atoms with Gasteiger partial charge < -0.3 is 0 Å². The molecule has 1 saturated heterocycles. The predicted octanol–water partition coefficient (Wildman–Crippen LogP) is 7.82. The third-order valence-corrected chi connectivity index (χ3v) is 6.06. The number of halogens is 6. The van der Waals surface area contributed by atoms with Crippen LogP contribution in [0.25, 0.3) is 5.57 Å². The molecule has 0 spiro atoms. The molecule has 4 rings (SSSR count). The maximum atomic E-state index is 13.1. The molecule has 0 saturated carbocycles. The molecule has 7 heteroatoms. The van der Waals surface area contributed by atoms with Gasteiger partial charge in [0, 0.05) is 19.6 Å². The fourth-order valence-corrected chi connectivity index (χ4v) is 4.30. The van der Waals surface area contributed by atoms with Crippen molar-refractivity contribution in [1.82, 2.24) is 4.90 Å². The average Bonchev–Trinajstić information content (AvgIpc) is 2.81. The fraction of sp³-hybridized carbons (Fsp3) is 0.259. The zero-order chi connectivity index (χ0) is 24.3. The first kappa shape index (κ1) is 24.1. The summed E-state index contributed by atoms with van der Waals surface area (Å²) in [5.74, 6) is 0. The summed E-state index contributed by atoms with van der Waals surface area (Å²) in [6.45, 7) is 2.31. The molecule has 1 nitrogen and oxygen atoms in total. The first-order valence-electron chi connectivity index (χ1n) is 10.9. The predicted molar refractivity (Wildman–Crippen MR) is 120 cm³/mol. The lowest BCUT2D eigenvalue weighted by Crippen LogP contribution is -2.30. The zero-order valence-electron chi connectivity index (χ0n) is 18.3. The molecule has 178 valence electrons. The highest BCUT2D eigenvalue weighted by molar-refractivity contribution is 5.82. The Morgan fingerprint density at radius 3 is 1.47 bits per heavy atom. The minimum absolute atomic E-state index is 0.569. The van der Waals surface area contributed by atoms with Crippen LogP contribution in [-0.4, -0.2) is 18.0 Å². The van der Waals surface area contributed by atoms with Gasteiger partial charge in [-0.25, -0.2) is 0 Å². The molecule has 0 aliphatic carbocycles. The van der Waals surface area contributed by atoms with Crippen LogP contribution in [0.15, 0.2) is 84.4 Å². The number of hydrogen-bond acceptors (Lipinski definition) is 1. The number of rotatable bonds is 4. The lowest BCUT2D eigenvalue weighted by molar-refractivity contribution is -0.138. The second-order valence-electron chi connectivity index (χ2n) is 8.39. The Labute approximate surface area is 194 Å². The molecular formula is C27H23F6N. The van der Waals surface area contributed by atoms with Gasteiger partial charge in [-0.3, -0.25) is 4.90 Å². The van der Waals surface area contributed by atoms with Gasteiger partial charge in [0.05, 0.1) is 11.1 Å². The Kier molecular flexibility index (Phi) is 6.84. The monoisotopic (exact) mass is 475 g/mol. The Morgan fingerprint density at radius 2 is 1.06 bits per heavy atom. The van der Waals surface area contributed by atoms with Crippen LogP contribution in [0.3, 0.4) is 0 Å². The Bertz CT molecular complexity index is 1060. The lowest BCUT2D eigenvalue weighted by Gasteiger charge is -2.30. The van der Waals surface area contributed by atoms with E-state index in [4.69, 9.17) is 0 Å². The van der Waals surface area contributed by atoms with Gasteiger partial charge in [-0.15, -0.1) is 0 Å². The molecule has 0 N–H and O–H groups in total. The number of alkyl halides is 6. The van der Waals surface area contributed by atoms with Gasteiger partial charge in [-0.05, 0) is 59.4 Å². The molecule has 1 heterocycles. The SMILES string of the molecule is FC(F)(F)c1ccc(C(=C2CCN(Cc3ccccc3)CC2)c2ccc(C(F)(F)F)cc2)cc1. The molecule has 1 aliphatic rings. The Hall–Kier alpha value is -3.06. The summed E-state index contributed by atoms with van der Waals surface area (Å²) in [6, 6.07) is 19.7. The lowest BCUT2D eigenvalue weighted by atomic mass is 9.87. The van der Waals surface area contributed by atoms with Crippen LogP contribution >= 0.6 is 0 Å². The first-order valence-corrected chi connectivity index (χ1v) is 10.9. The van der Waals surface area contributed by atoms with Crippen LogP contribution in [0.2, 0.25) is 0 Å². The molecule has 0 unspecified atom stereocenters. The van der Waals surface area contributed by atoms with Crippen LogP contribution in [0.4, 0.5) is 26.3 Å². The van der Waals surface area contributed by atoms with Crippen LogP contribution in [0.5, 0.6) is 0 Å². The van der Waals surface area contributed by atoms with Crippen molar-refractivity contribution < 1.29 is 26.3 Å². The molecule has 3 aromatic rings. The van der Waals surface area contributed by atoms with E-state index in [2.05, 4.69) is 17.0 Å².